The molecule has 0 aliphatic carbocycles. The molecule has 3 N–H and O–H groups in total. The summed E-state index contributed by atoms with van der Waals surface area (Å²) in [5.41, 5.74) is 6.64. The highest BCUT2D eigenvalue weighted by Gasteiger charge is 2.03. The molecule has 92 valence electrons. The number of nitrogens with one attached hydrogen (secondary N) is 1. The van der Waals surface area contributed by atoms with Gasteiger partial charge in [-0.15, -0.1) is 0 Å². The zero-order valence-electron chi connectivity index (χ0n) is 9.56. The topological polar surface area (TPSA) is 72.0 Å². The zero-order chi connectivity index (χ0) is 13.0. The van der Waals surface area contributed by atoms with E-state index in [1.54, 1.807) is 24.3 Å². The second-order valence-corrected chi connectivity index (χ2v) is 4.06. The molecule has 5 heteroatoms. The SMILES string of the molecule is N=C(N)c1cccc(OCc2ccccc2Cl)n1. The van der Waals surface area contributed by atoms with Crippen LogP contribution in [0.2, 0.25) is 5.02 Å². The fraction of sp³-hybridized carbons (Fsp3) is 0.0769. The molecule has 1 heterocycles. The molecule has 0 amide bonds. The lowest BCUT2D eigenvalue weighted by Gasteiger charge is -2.07. The summed E-state index contributed by atoms with van der Waals surface area (Å²) in [6, 6.07) is 12.6. The number of nitrogens with two attached hydrogens (primary N) is 1. The van der Waals surface area contributed by atoms with E-state index in [-0.39, 0.29) is 5.84 Å². The summed E-state index contributed by atoms with van der Waals surface area (Å²) in [4.78, 5) is 4.10. The number of rotatable bonds is 4. The van der Waals surface area contributed by atoms with Crippen molar-refractivity contribution < 1.29 is 4.74 Å². The van der Waals surface area contributed by atoms with Crippen LogP contribution in [-0.4, -0.2) is 10.8 Å². The van der Waals surface area contributed by atoms with Gasteiger partial charge in [0.1, 0.15) is 18.1 Å². The van der Waals surface area contributed by atoms with Crippen LogP contribution in [0.1, 0.15) is 11.3 Å². The highest BCUT2D eigenvalue weighted by atomic mass is 35.5. The van der Waals surface area contributed by atoms with Crippen LogP contribution in [0.25, 0.3) is 0 Å². The van der Waals surface area contributed by atoms with Crippen LogP contribution in [0.5, 0.6) is 5.88 Å². The third-order valence-corrected chi connectivity index (χ3v) is 2.70. The average Bonchev–Trinajstić information content (AvgIpc) is 2.38. The first-order valence-electron chi connectivity index (χ1n) is 5.34. The van der Waals surface area contributed by atoms with E-state index in [4.69, 9.17) is 27.5 Å². The lowest BCUT2D eigenvalue weighted by Crippen LogP contribution is -2.13. The Kier molecular flexibility index (Phi) is 3.79. The highest BCUT2D eigenvalue weighted by molar-refractivity contribution is 6.31. The van der Waals surface area contributed by atoms with Crippen LogP contribution >= 0.6 is 11.6 Å². The van der Waals surface area contributed by atoms with E-state index in [9.17, 15) is 0 Å². The second kappa shape index (κ2) is 5.51. The Balaban J connectivity index is 2.09. The molecule has 18 heavy (non-hydrogen) atoms. The molecule has 0 spiro atoms. The first kappa shape index (κ1) is 12.4. The maximum absolute atomic E-state index is 7.30. The predicted octanol–water partition coefficient (Wildman–Crippen LogP) is 2.60. The molecule has 0 aliphatic rings. The minimum Gasteiger partial charge on any atom is -0.473 e. The third kappa shape index (κ3) is 2.99. The van der Waals surface area contributed by atoms with Gasteiger partial charge >= 0.3 is 0 Å². The molecular weight excluding hydrogens is 250 g/mol. The van der Waals surface area contributed by atoms with Gasteiger partial charge in [-0.05, 0) is 12.1 Å². The summed E-state index contributed by atoms with van der Waals surface area (Å²) in [6.45, 7) is 0.327. The van der Waals surface area contributed by atoms with Crippen molar-refractivity contribution in [2.24, 2.45) is 5.73 Å². The van der Waals surface area contributed by atoms with Crippen molar-refractivity contribution in [3.63, 3.8) is 0 Å². The lowest BCUT2D eigenvalue weighted by molar-refractivity contribution is 0.294. The Morgan fingerprint density at radius 1 is 1.22 bits per heavy atom. The van der Waals surface area contributed by atoms with Crippen molar-refractivity contribution in [1.82, 2.24) is 4.98 Å². The monoisotopic (exact) mass is 261 g/mol. The fourth-order valence-corrected chi connectivity index (χ4v) is 1.60. The molecule has 2 aromatic rings. The molecule has 0 unspecified atom stereocenters. The number of nitrogens with zero attached hydrogens (tertiary/aromatic N) is 1. The van der Waals surface area contributed by atoms with Gasteiger partial charge in [0.2, 0.25) is 5.88 Å². The molecule has 0 bridgehead atoms. The number of halogens is 1. The average molecular weight is 262 g/mol. The minimum absolute atomic E-state index is 0.0850. The Bertz CT molecular complexity index is 572. The first-order valence-corrected chi connectivity index (χ1v) is 5.72. The van der Waals surface area contributed by atoms with E-state index in [2.05, 4.69) is 4.98 Å². The van der Waals surface area contributed by atoms with Gasteiger partial charge in [0, 0.05) is 16.7 Å². The van der Waals surface area contributed by atoms with Gasteiger partial charge < -0.3 is 10.5 Å². The molecule has 4 nitrogen and oxygen atoms in total. The van der Waals surface area contributed by atoms with Crippen molar-refractivity contribution in [2.75, 3.05) is 0 Å². The summed E-state index contributed by atoms with van der Waals surface area (Å²) in [5.74, 6) is 0.334. The maximum Gasteiger partial charge on any atom is 0.214 e. The van der Waals surface area contributed by atoms with Crippen molar-refractivity contribution in [3.05, 3.63) is 58.7 Å². The number of benzene rings is 1. The quantitative estimate of drug-likeness (QED) is 0.656. The highest BCUT2D eigenvalue weighted by Crippen LogP contribution is 2.17. The summed E-state index contributed by atoms with van der Waals surface area (Å²) < 4.78 is 5.52. The summed E-state index contributed by atoms with van der Waals surface area (Å²) in [5, 5.41) is 7.95. The summed E-state index contributed by atoms with van der Waals surface area (Å²) >= 11 is 6.02. The molecule has 0 aliphatic heterocycles. The van der Waals surface area contributed by atoms with Crippen molar-refractivity contribution in [1.29, 1.82) is 5.41 Å². The second-order valence-electron chi connectivity index (χ2n) is 3.65. The van der Waals surface area contributed by atoms with Crippen LogP contribution in [0.15, 0.2) is 42.5 Å². The fourth-order valence-electron chi connectivity index (χ4n) is 1.41. The van der Waals surface area contributed by atoms with E-state index in [0.29, 0.717) is 23.2 Å². The van der Waals surface area contributed by atoms with E-state index in [1.807, 2.05) is 18.2 Å². The Morgan fingerprint density at radius 3 is 2.72 bits per heavy atom. The van der Waals surface area contributed by atoms with Crippen molar-refractivity contribution >= 4 is 17.4 Å². The molecule has 2 rings (SSSR count). The molecule has 1 aromatic heterocycles. The molecule has 1 aromatic carbocycles. The van der Waals surface area contributed by atoms with E-state index < -0.39 is 0 Å². The normalized spacial score (nSPS) is 10.1. The van der Waals surface area contributed by atoms with Gasteiger partial charge in [-0.1, -0.05) is 35.9 Å². The predicted molar refractivity (Wildman–Crippen MR) is 71.0 cm³/mol. The zero-order valence-corrected chi connectivity index (χ0v) is 10.3. The number of nitrogen functional groups attached to an aromatic ring is 1. The lowest BCUT2D eigenvalue weighted by atomic mass is 10.2. The molecular formula is C13H12ClN3O. The largest absolute Gasteiger partial charge is 0.473 e. The maximum atomic E-state index is 7.30. The van der Waals surface area contributed by atoms with E-state index >= 15 is 0 Å². The molecule has 0 saturated carbocycles. The standard InChI is InChI=1S/C13H12ClN3O/c14-10-5-2-1-4-9(10)8-18-12-7-3-6-11(17-12)13(15)16/h1-7H,8H2,(H3,15,16). The minimum atomic E-state index is -0.0850. The van der Waals surface area contributed by atoms with Crippen molar-refractivity contribution in [3.8, 4) is 5.88 Å². The Labute approximate surface area is 110 Å². The molecule has 0 saturated heterocycles. The molecule has 0 radical (unpaired) electrons. The van der Waals surface area contributed by atoms with Gasteiger partial charge in [-0.2, -0.15) is 0 Å². The number of pyridine rings is 1. The number of amidine groups is 1. The summed E-state index contributed by atoms with van der Waals surface area (Å²) in [6.07, 6.45) is 0. The number of hydrogen-bond donors (Lipinski definition) is 2. The van der Waals surface area contributed by atoms with Crippen LogP contribution < -0.4 is 10.5 Å². The van der Waals surface area contributed by atoms with Crippen LogP contribution in [-0.2, 0) is 6.61 Å². The Morgan fingerprint density at radius 2 is 2.00 bits per heavy atom. The van der Waals surface area contributed by atoms with Crippen molar-refractivity contribution in [2.45, 2.75) is 6.61 Å². The molecule has 0 fully saturated rings. The van der Waals surface area contributed by atoms with Crippen LogP contribution in [0.3, 0.4) is 0 Å². The van der Waals surface area contributed by atoms with Gasteiger partial charge in [-0.3, -0.25) is 5.41 Å². The van der Waals surface area contributed by atoms with Gasteiger partial charge in [0.25, 0.3) is 0 Å². The number of aromatic nitrogens is 1. The third-order valence-electron chi connectivity index (χ3n) is 2.33. The van der Waals surface area contributed by atoms with E-state index in [1.165, 1.54) is 0 Å². The van der Waals surface area contributed by atoms with Gasteiger partial charge in [-0.25, -0.2) is 4.98 Å². The van der Waals surface area contributed by atoms with E-state index in [0.717, 1.165) is 5.56 Å². The number of hydrogen-bond acceptors (Lipinski definition) is 3. The number of ether oxygens (including phenoxy) is 1. The Hall–Kier alpha value is -2.07. The first-order chi connectivity index (χ1) is 8.66. The summed E-state index contributed by atoms with van der Waals surface area (Å²) in [7, 11) is 0. The van der Waals surface area contributed by atoms with Gasteiger partial charge in [0.15, 0.2) is 0 Å². The van der Waals surface area contributed by atoms with Crippen LogP contribution in [0, 0.1) is 5.41 Å². The van der Waals surface area contributed by atoms with Crippen LogP contribution in [0.4, 0.5) is 0 Å². The molecule has 0 atom stereocenters. The van der Waals surface area contributed by atoms with Gasteiger partial charge in [0.05, 0.1) is 0 Å². The smallest absolute Gasteiger partial charge is 0.214 e.